The topological polar surface area (TPSA) is 71.4 Å². The third-order valence-corrected chi connectivity index (χ3v) is 6.52. The van der Waals surface area contributed by atoms with Gasteiger partial charge in [-0.15, -0.1) is 0 Å². The molecule has 1 N–H and O–H groups in total. The average Bonchev–Trinajstić information content (AvgIpc) is 2.88. The molecule has 6 nitrogen and oxygen atoms in total. The van der Waals surface area contributed by atoms with Crippen LogP contribution in [0.15, 0.2) is 77.3 Å². The summed E-state index contributed by atoms with van der Waals surface area (Å²) in [5.74, 6) is 0.745. The van der Waals surface area contributed by atoms with Gasteiger partial charge in [-0.1, -0.05) is 50.1 Å². The molecular weight excluding hydrogens is 472 g/mol. The minimum Gasteiger partial charge on any atom is -0.490 e. The average molecular weight is 503 g/mol. The summed E-state index contributed by atoms with van der Waals surface area (Å²) >= 11 is 4.22. The maximum absolute atomic E-state index is 10.9. The Morgan fingerprint density at radius 2 is 1.81 bits per heavy atom. The standard InChI is InChI=1S/C29H30N2O4S/c1-4-19(2)35-27-7-5-6-26-29(27)20(3)23(18-34-26)16-30-24-12-8-21(9-13-24)22-10-14-25(15-11-22)31(36)17-28(32)33/h5-16,19,36H,4,17-18H2,1-3H3,(H,32,33). The first kappa shape index (κ1) is 25.4. The highest BCUT2D eigenvalue weighted by Gasteiger charge is 2.21. The van der Waals surface area contributed by atoms with Crippen molar-refractivity contribution >= 4 is 41.9 Å². The van der Waals surface area contributed by atoms with Crippen molar-refractivity contribution in [3.63, 3.8) is 0 Å². The molecule has 1 unspecified atom stereocenters. The molecule has 1 aliphatic rings. The van der Waals surface area contributed by atoms with E-state index in [1.165, 1.54) is 4.31 Å². The minimum absolute atomic E-state index is 0.125. The van der Waals surface area contributed by atoms with E-state index in [1.54, 1.807) is 0 Å². The monoisotopic (exact) mass is 502 g/mol. The SMILES string of the molecule is CCC(C)Oc1cccc2c1C(C)=C(C=Nc1ccc(-c3ccc(N(S)CC(=O)O)cc3)cc1)CO2. The molecule has 0 spiro atoms. The highest BCUT2D eigenvalue weighted by atomic mass is 32.1. The predicted molar refractivity (Wildman–Crippen MR) is 149 cm³/mol. The van der Waals surface area contributed by atoms with Gasteiger partial charge < -0.3 is 18.9 Å². The van der Waals surface area contributed by atoms with Gasteiger partial charge in [-0.3, -0.25) is 9.79 Å². The minimum atomic E-state index is -0.931. The van der Waals surface area contributed by atoms with Gasteiger partial charge in [0, 0.05) is 17.5 Å². The molecule has 0 radical (unpaired) electrons. The highest BCUT2D eigenvalue weighted by molar-refractivity contribution is 7.81. The number of rotatable bonds is 9. The number of ether oxygens (including phenoxy) is 2. The summed E-state index contributed by atoms with van der Waals surface area (Å²) in [6.45, 7) is 6.55. The van der Waals surface area contributed by atoms with Crippen LogP contribution in [0.3, 0.4) is 0 Å². The maximum Gasteiger partial charge on any atom is 0.324 e. The van der Waals surface area contributed by atoms with Crippen LogP contribution in [0.4, 0.5) is 11.4 Å². The molecule has 1 atom stereocenters. The number of carboxylic acids is 1. The lowest BCUT2D eigenvalue weighted by atomic mass is 9.98. The van der Waals surface area contributed by atoms with Crippen LogP contribution < -0.4 is 13.8 Å². The Hall–Kier alpha value is -3.71. The normalized spacial score (nSPS) is 13.8. The van der Waals surface area contributed by atoms with Crippen LogP contribution in [0.5, 0.6) is 11.5 Å². The zero-order valence-electron chi connectivity index (χ0n) is 20.6. The molecule has 0 fully saturated rings. The van der Waals surface area contributed by atoms with Crippen molar-refractivity contribution in [3.05, 3.63) is 77.9 Å². The lowest BCUT2D eigenvalue weighted by Gasteiger charge is -2.24. The molecule has 0 aliphatic carbocycles. The lowest BCUT2D eigenvalue weighted by molar-refractivity contribution is -0.135. The van der Waals surface area contributed by atoms with Crippen LogP contribution in [0.25, 0.3) is 16.7 Å². The second-order valence-corrected chi connectivity index (χ2v) is 9.19. The van der Waals surface area contributed by atoms with E-state index in [2.05, 4.69) is 38.6 Å². The van der Waals surface area contributed by atoms with Crippen LogP contribution in [0, 0.1) is 0 Å². The number of benzene rings is 3. The molecule has 186 valence electrons. The molecule has 0 aromatic heterocycles. The van der Waals surface area contributed by atoms with Gasteiger partial charge in [0.25, 0.3) is 0 Å². The Labute approximate surface area is 217 Å². The Kier molecular flexibility index (Phi) is 8.00. The first-order chi connectivity index (χ1) is 17.4. The van der Waals surface area contributed by atoms with Gasteiger partial charge >= 0.3 is 5.97 Å². The van der Waals surface area contributed by atoms with Crippen molar-refractivity contribution in [2.45, 2.75) is 33.3 Å². The number of fused-ring (bicyclic) bond motifs is 1. The number of hydrogen-bond acceptors (Lipinski definition) is 6. The summed E-state index contributed by atoms with van der Waals surface area (Å²) in [5.41, 5.74) is 6.75. The lowest BCUT2D eigenvalue weighted by Crippen LogP contribution is -2.19. The summed E-state index contributed by atoms with van der Waals surface area (Å²) in [6, 6.07) is 21.5. The van der Waals surface area contributed by atoms with Gasteiger partial charge in [0.2, 0.25) is 0 Å². The van der Waals surface area contributed by atoms with Crippen molar-refractivity contribution in [3.8, 4) is 22.6 Å². The van der Waals surface area contributed by atoms with Crippen LogP contribution in [0.2, 0.25) is 0 Å². The fourth-order valence-corrected chi connectivity index (χ4v) is 4.15. The summed E-state index contributed by atoms with van der Waals surface area (Å²) in [7, 11) is 0. The quantitative estimate of drug-likeness (QED) is 0.248. The Bertz CT molecular complexity index is 1280. The first-order valence-corrected chi connectivity index (χ1v) is 12.3. The summed E-state index contributed by atoms with van der Waals surface area (Å²) in [6.07, 6.45) is 2.92. The number of aliphatic imine (C=N–C) groups is 1. The molecule has 7 heteroatoms. The molecule has 1 heterocycles. The molecular formula is C29H30N2O4S. The van der Waals surface area contributed by atoms with Crippen LogP contribution in [-0.4, -0.2) is 36.5 Å². The van der Waals surface area contributed by atoms with Crippen LogP contribution >= 0.6 is 12.8 Å². The Morgan fingerprint density at radius 3 is 2.44 bits per heavy atom. The van der Waals surface area contributed by atoms with E-state index in [4.69, 9.17) is 14.6 Å². The summed E-state index contributed by atoms with van der Waals surface area (Å²) in [4.78, 5) is 15.6. The first-order valence-electron chi connectivity index (χ1n) is 11.9. The fraction of sp³-hybridized carbons (Fsp3) is 0.241. The molecule has 4 rings (SSSR count). The van der Waals surface area contributed by atoms with E-state index >= 15 is 0 Å². The van der Waals surface area contributed by atoms with Gasteiger partial charge in [-0.2, -0.15) is 0 Å². The van der Waals surface area contributed by atoms with Gasteiger partial charge in [0.1, 0.15) is 24.7 Å². The molecule has 3 aromatic rings. The molecule has 36 heavy (non-hydrogen) atoms. The number of aliphatic carboxylic acids is 1. The van der Waals surface area contributed by atoms with Crippen LogP contribution in [0.1, 0.15) is 32.8 Å². The number of allylic oxidation sites excluding steroid dienone is 1. The van der Waals surface area contributed by atoms with Crippen LogP contribution in [-0.2, 0) is 4.79 Å². The number of anilines is 1. The molecule has 3 aromatic carbocycles. The van der Waals surface area contributed by atoms with E-state index in [9.17, 15) is 4.79 Å². The fourth-order valence-electron chi connectivity index (χ4n) is 3.90. The largest absolute Gasteiger partial charge is 0.490 e. The summed E-state index contributed by atoms with van der Waals surface area (Å²) in [5, 5.41) is 8.92. The molecule has 1 aliphatic heterocycles. The smallest absolute Gasteiger partial charge is 0.324 e. The van der Waals surface area contributed by atoms with E-state index < -0.39 is 5.97 Å². The molecule has 0 saturated carbocycles. The second-order valence-electron chi connectivity index (χ2n) is 8.71. The van der Waals surface area contributed by atoms with Crippen molar-refractivity contribution in [2.75, 3.05) is 17.5 Å². The number of carboxylic acid groups (broad SMARTS) is 1. The molecule has 0 bridgehead atoms. The second kappa shape index (κ2) is 11.4. The maximum atomic E-state index is 10.9. The Balaban J connectivity index is 1.50. The van der Waals surface area contributed by atoms with Gasteiger partial charge in [-0.05, 0) is 73.4 Å². The number of nitrogens with zero attached hydrogens (tertiary/aromatic N) is 2. The van der Waals surface area contributed by atoms with Crippen molar-refractivity contribution in [1.29, 1.82) is 0 Å². The number of thiol groups is 1. The number of hydrogen-bond donors (Lipinski definition) is 2. The third kappa shape index (κ3) is 5.91. The highest BCUT2D eigenvalue weighted by Crippen LogP contribution is 2.39. The zero-order chi connectivity index (χ0) is 25.7. The van der Waals surface area contributed by atoms with Gasteiger partial charge in [-0.25, -0.2) is 0 Å². The van der Waals surface area contributed by atoms with Crippen molar-refractivity contribution < 1.29 is 19.4 Å². The van der Waals surface area contributed by atoms with Gasteiger partial charge in [0.05, 0.1) is 17.4 Å². The zero-order valence-corrected chi connectivity index (χ0v) is 21.5. The molecule has 0 amide bonds. The number of carbonyl (C=O) groups is 1. The van der Waals surface area contributed by atoms with Crippen molar-refractivity contribution in [2.24, 2.45) is 4.99 Å². The van der Waals surface area contributed by atoms with E-state index in [-0.39, 0.29) is 12.6 Å². The summed E-state index contributed by atoms with van der Waals surface area (Å²) < 4.78 is 13.5. The third-order valence-electron chi connectivity index (χ3n) is 6.15. The van der Waals surface area contributed by atoms with E-state index in [1.807, 2.05) is 72.9 Å². The van der Waals surface area contributed by atoms with E-state index in [0.29, 0.717) is 6.61 Å². The van der Waals surface area contributed by atoms with Gasteiger partial charge in [0.15, 0.2) is 0 Å². The van der Waals surface area contributed by atoms with Crippen molar-refractivity contribution in [1.82, 2.24) is 0 Å². The van der Waals surface area contributed by atoms with E-state index in [0.717, 1.165) is 57.1 Å². The Morgan fingerprint density at radius 1 is 1.14 bits per heavy atom. The predicted octanol–water partition coefficient (Wildman–Crippen LogP) is 6.84. The molecule has 0 saturated heterocycles.